The van der Waals surface area contributed by atoms with E-state index in [1.165, 1.54) is 0 Å². The number of nitrogens with zero attached hydrogens (tertiary/aromatic N) is 1. The highest BCUT2D eigenvalue weighted by atomic mass is 16.7. The van der Waals surface area contributed by atoms with Crippen molar-refractivity contribution in [3.8, 4) is 0 Å². The molecule has 1 aliphatic rings. The van der Waals surface area contributed by atoms with E-state index in [4.69, 9.17) is 9.47 Å². The zero-order valence-corrected chi connectivity index (χ0v) is 12.4. The molecule has 0 bridgehead atoms. The number of hydrogen-bond donors (Lipinski definition) is 0. The molecule has 0 spiro atoms. The highest BCUT2D eigenvalue weighted by molar-refractivity contribution is 5.81. The van der Waals surface area contributed by atoms with Gasteiger partial charge in [-0.15, -0.1) is 0 Å². The Kier molecular flexibility index (Phi) is 4.36. The Morgan fingerprint density at radius 1 is 1.33 bits per heavy atom. The van der Waals surface area contributed by atoms with Crippen molar-refractivity contribution in [1.82, 2.24) is 4.57 Å². The molecule has 1 fully saturated rings. The van der Waals surface area contributed by atoms with E-state index in [-0.39, 0.29) is 11.8 Å². The van der Waals surface area contributed by atoms with Crippen LogP contribution in [0.4, 0.5) is 0 Å². The standard InChI is InChI=1S/C17H21NO3/c1-13-5-6-14-7-8-18(17(19)15(14)12-13)9-11-21-16-4-2-3-10-20-16/h5-8,12,16H,2-4,9-11H2,1H3. The van der Waals surface area contributed by atoms with Crippen molar-refractivity contribution in [3.05, 3.63) is 46.4 Å². The summed E-state index contributed by atoms with van der Waals surface area (Å²) in [6.45, 7) is 3.84. The lowest BCUT2D eigenvalue weighted by molar-refractivity contribution is -0.163. The van der Waals surface area contributed by atoms with Crippen molar-refractivity contribution in [2.45, 2.75) is 39.0 Å². The Morgan fingerprint density at radius 3 is 3.05 bits per heavy atom. The molecule has 3 rings (SSSR count). The minimum atomic E-state index is -0.0999. The first-order chi connectivity index (χ1) is 10.2. The van der Waals surface area contributed by atoms with Crippen LogP contribution in [0.3, 0.4) is 0 Å². The van der Waals surface area contributed by atoms with E-state index in [1.807, 2.05) is 37.4 Å². The van der Waals surface area contributed by atoms with Crippen LogP contribution in [-0.2, 0) is 16.0 Å². The molecule has 0 aliphatic carbocycles. The molecule has 1 aliphatic heterocycles. The fourth-order valence-corrected chi connectivity index (χ4v) is 2.69. The number of aryl methyl sites for hydroxylation is 1. The van der Waals surface area contributed by atoms with Crippen molar-refractivity contribution >= 4 is 10.8 Å². The summed E-state index contributed by atoms with van der Waals surface area (Å²) in [6.07, 6.45) is 4.96. The van der Waals surface area contributed by atoms with Gasteiger partial charge in [-0.3, -0.25) is 4.79 Å². The van der Waals surface area contributed by atoms with Gasteiger partial charge in [0.25, 0.3) is 5.56 Å². The van der Waals surface area contributed by atoms with Crippen LogP contribution < -0.4 is 5.56 Å². The lowest BCUT2D eigenvalue weighted by Gasteiger charge is -2.22. The first kappa shape index (κ1) is 14.3. The lowest BCUT2D eigenvalue weighted by Crippen LogP contribution is -2.26. The van der Waals surface area contributed by atoms with Gasteiger partial charge in [0.05, 0.1) is 6.61 Å². The fourth-order valence-electron chi connectivity index (χ4n) is 2.69. The number of rotatable bonds is 4. The van der Waals surface area contributed by atoms with Gasteiger partial charge in [0.1, 0.15) is 0 Å². The minimum absolute atomic E-state index is 0.0457. The number of aromatic nitrogens is 1. The molecule has 1 aromatic carbocycles. The van der Waals surface area contributed by atoms with Crippen LogP contribution in [0.5, 0.6) is 0 Å². The monoisotopic (exact) mass is 287 g/mol. The predicted molar refractivity (Wildman–Crippen MR) is 82.5 cm³/mol. The quantitative estimate of drug-likeness (QED) is 0.868. The Labute approximate surface area is 124 Å². The van der Waals surface area contributed by atoms with Crippen LogP contribution in [0.25, 0.3) is 10.8 Å². The number of ether oxygens (including phenoxy) is 2. The van der Waals surface area contributed by atoms with Crippen LogP contribution in [0.1, 0.15) is 24.8 Å². The summed E-state index contributed by atoms with van der Waals surface area (Å²) in [7, 11) is 0. The van der Waals surface area contributed by atoms with Gasteiger partial charge >= 0.3 is 0 Å². The smallest absolute Gasteiger partial charge is 0.258 e. The third kappa shape index (κ3) is 3.34. The third-order valence-corrected chi connectivity index (χ3v) is 3.91. The van der Waals surface area contributed by atoms with Gasteiger partial charge in [-0.05, 0) is 43.7 Å². The summed E-state index contributed by atoms with van der Waals surface area (Å²) < 4.78 is 12.9. The summed E-state index contributed by atoms with van der Waals surface area (Å²) in [4.78, 5) is 12.4. The molecule has 0 amide bonds. The summed E-state index contributed by atoms with van der Waals surface area (Å²) in [6, 6.07) is 7.94. The second-order valence-electron chi connectivity index (χ2n) is 5.57. The molecule has 4 nitrogen and oxygen atoms in total. The molecule has 112 valence electrons. The van der Waals surface area contributed by atoms with Crippen LogP contribution in [-0.4, -0.2) is 24.1 Å². The minimum Gasteiger partial charge on any atom is -0.353 e. The summed E-state index contributed by atoms with van der Waals surface area (Å²) in [5.41, 5.74) is 1.15. The molecule has 1 aromatic heterocycles. The Morgan fingerprint density at radius 2 is 2.24 bits per heavy atom. The molecule has 21 heavy (non-hydrogen) atoms. The second kappa shape index (κ2) is 6.41. The van der Waals surface area contributed by atoms with E-state index < -0.39 is 0 Å². The van der Waals surface area contributed by atoms with Crippen molar-refractivity contribution in [1.29, 1.82) is 0 Å². The van der Waals surface area contributed by atoms with Crippen LogP contribution >= 0.6 is 0 Å². The molecule has 2 aromatic rings. The van der Waals surface area contributed by atoms with E-state index in [1.54, 1.807) is 4.57 Å². The highest BCUT2D eigenvalue weighted by Crippen LogP contribution is 2.14. The number of pyridine rings is 1. The van der Waals surface area contributed by atoms with Gasteiger partial charge in [-0.1, -0.05) is 17.7 Å². The van der Waals surface area contributed by atoms with Crippen molar-refractivity contribution < 1.29 is 9.47 Å². The molecule has 0 saturated carbocycles. The number of fused-ring (bicyclic) bond motifs is 1. The van der Waals surface area contributed by atoms with Crippen LogP contribution in [0.2, 0.25) is 0 Å². The number of benzene rings is 1. The SMILES string of the molecule is Cc1ccc2ccn(CCOC3CCCCO3)c(=O)c2c1. The summed E-state index contributed by atoms with van der Waals surface area (Å²) >= 11 is 0. The largest absolute Gasteiger partial charge is 0.353 e. The summed E-state index contributed by atoms with van der Waals surface area (Å²) in [5.74, 6) is 0. The maximum atomic E-state index is 12.4. The van der Waals surface area contributed by atoms with Gasteiger partial charge in [0.15, 0.2) is 6.29 Å². The zero-order valence-electron chi connectivity index (χ0n) is 12.4. The molecular formula is C17H21NO3. The van der Waals surface area contributed by atoms with Gasteiger partial charge in [-0.2, -0.15) is 0 Å². The normalized spacial score (nSPS) is 19.0. The maximum absolute atomic E-state index is 12.4. The highest BCUT2D eigenvalue weighted by Gasteiger charge is 2.13. The first-order valence-corrected chi connectivity index (χ1v) is 7.57. The van der Waals surface area contributed by atoms with Gasteiger partial charge in [0.2, 0.25) is 0 Å². The van der Waals surface area contributed by atoms with Crippen molar-refractivity contribution in [2.24, 2.45) is 0 Å². The summed E-state index contributed by atoms with van der Waals surface area (Å²) in [5, 5.41) is 1.75. The van der Waals surface area contributed by atoms with Gasteiger partial charge in [0, 0.05) is 24.7 Å². The molecule has 2 heterocycles. The molecule has 4 heteroatoms. The third-order valence-electron chi connectivity index (χ3n) is 3.91. The average molecular weight is 287 g/mol. The van der Waals surface area contributed by atoms with Crippen molar-refractivity contribution in [2.75, 3.05) is 13.2 Å². The van der Waals surface area contributed by atoms with E-state index in [0.29, 0.717) is 13.2 Å². The Bertz CT molecular complexity index is 671. The van der Waals surface area contributed by atoms with E-state index >= 15 is 0 Å². The van der Waals surface area contributed by atoms with E-state index in [9.17, 15) is 4.79 Å². The average Bonchev–Trinajstić information content (AvgIpc) is 2.51. The van der Waals surface area contributed by atoms with Crippen molar-refractivity contribution in [3.63, 3.8) is 0 Å². The maximum Gasteiger partial charge on any atom is 0.258 e. The van der Waals surface area contributed by atoms with Crippen LogP contribution in [0.15, 0.2) is 35.3 Å². The molecule has 1 atom stereocenters. The second-order valence-corrected chi connectivity index (χ2v) is 5.57. The fraction of sp³-hybridized carbons (Fsp3) is 0.471. The molecule has 1 saturated heterocycles. The lowest BCUT2D eigenvalue weighted by atomic mass is 10.1. The Hall–Kier alpha value is -1.65. The molecular weight excluding hydrogens is 266 g/mol. The topological polar surface area (TPSA) is 40.5 Å². The van der Waals surface area contributed by atoms with E-state index in [0.717, 1.165) is 42.2 Å². The van der Waals surface area contributed by atoms with Crippen LogP contribution in [0, 0.1) is 6.92 Å². The molecule has 0 radical (unpaired) electrons. The predicted octanol–water partition coefficient (Wildman–Crippen LogP) is 2.85. The Balaban J connectivity index is 1.69. The molecule has 0 N–H and O–H groups in total. The first-order valence-electron chi connectivity index (χ1n) is 7.57. The van der Waals surface area contributed by atoms with E-state index in [2.05, 4.69) is 0 Å². The zero-order chi connectivity index (χ0) is 14.7. The molecule has 1 unspecified atom stereocenters. The van der Waals surface area contributed by atoms with Gasteiger partial charge < -0.3 is 14.0 Å². The van der Waals surface area contributed by atoms with Gasteiger partial charge in [-0.25, -0.2) is 0 Å². The number of hydrogen-bond acceptors (Lipinski definition) is 3.